The molecule has 0 saturated carbocycles. The van der Waals surface area contributed by atoms with Gasteiger partial charge in [-0.05, 0) is 48.4 Å². The Morgan fingerprint density at radius 1 is 1.38 bits per heavy atom. The summed E-state index contributed by atoms with van der Waals surface area (Å²) >= 11 is 0. The van der Waals surface area contributed by atoms with Crippen molar-refractivity contribution in [2.24, 2.45) is 0 Å². The van der Waals surface area contributed by atoms with Crippen LogP contribution in [-0.4, -0.2) is 7.11 Å². The van der Waals surface area contributed by atoms with Gasteiger partial charge in [0, 0.05) is 0 Å². The maximum absolute atomic E-state index is 5.22. The van der Waals surface area contributed by atoms with Crippen LogP contribution in [0.5, 0.6) is 5.75 Å². The van der Waals surface area contributed by atoms with Gasteiger partial charge in [-0.2, -0.15) is 0 Å². The van der Waals surface area contributed by atoms with Crippen LogP contribution in [0.1, 0.15) is 36.8 Å². The van der Waals surface area contributed by atoms with E-state index in [-0.39, 0.29) is 0 Å². The molecule has 13 heavy (non-hydrogen) atoms. The van der Waals surface area contributed by atoms with Gasteiger partial charge in [0.1, 0.15) is 5.75 Å². The highest BCUT2D eigenvalue weighted by Crippen LogP contribution is 2.32. The lowest BCUT2D eigenvalue weighted by Crippen LogP contribution is -2.06. The Morgan fingerprint density at radius 2 is 2.23 bits per heavy atom. The average molecular weight is 176 g/mol. The lowest BCUT2D eigenvalue weighted by Gasteiger charge is -2.22. The Morgan fingerprint density at radius 3 is 3.00 bits per heavy atom. The van der Waals surface area contributed by atoms with Crippen molar-refractivity contribution in [2.75, 3.05) is 7.11 Å². The van der Waals surface area contributed by atoms with E-state index in [9.17, 15) is 0 Å². The number of rotatable bonds is 1. The second kappa shape index (κ2) is 3.41. The average Bonchev–Trinajstić information content (AvgIpc) is 2.18. The van der Waals surface area contributed by atoms with Crippen LogP contribution in [0, 0.1) is 0 Å². The van der Waals surface area contributed by atoms with Crippen molar-refractivity contribution >= 4 is 0 Å². The van der Waals surface area contributed by atoms with Gasteiger partial charge in [0.15, 0.2) is 0 Å². The van der Waals surface area contributed by atoms with Crippen LogP contribution < -0.4 is 4.74 Å². The summed E-state index contributed by atoms with van der Waals surface area (Å²) in [7, 11) is 1.73. The number of aryl methyl sites for hydroxylation is 1. The normalized spacial score (nSPS) is 20.9. The quantitative estimate of drug-likeness (QED) is 0.638. The van der Waals surface area contributed by atoms with E-state index in [4.69, 9.17) is 4.74 Å². The van der Waals surface area contributed by atoms with Gasteiger partial charge in [-0.25, -0.2) is 0 Å². The molecule has 0 aromatic heterocycles. The lowest BCUT2D eigenvalue weighted by molar-refractivity contribution is 0.413. The van der Waals surface area contributed by atoms with Gasteiger partial charge in [-0.3, -0.25) is 0 Å². The fourth-order valence-electron chi connectivity index (χ4n) is 2.16. The van der Waals surface area contributed by atoms with E-state index in [1.165, 1.54) is 30.4 Å². The van der Waals surface area contributed by atoms with Crippen molar-refractivity contribution in [2.45, 2.75) is 32.1 Å². The molecule has 1 aliphatic carbocycles. The molecule has 1 aromatic rings. The Labute approximate surface area is 79.7 Å². The largest absolute Gasteiger partial charge is 0.497 e. The third kappa shape index (κ3) is 1.55. The van der Waals surface area contributed by atoms with Crippen LogP contribution in [0.2, 0.25) is 0 Å². The molecule has 1 aliphatic rings. The van der Waals surface area contributed by atoms with E-state index in [0.29, 0.717) is 0 Å². The third-order valence-corrected chi connectivity index (χ3v) is 2.96. The Bertz CT molecular complexity index is 304. The molecule has 0 spiro atoms. The second-order valence-corrected chi connectivity index (χ2v) is 3.86. The van der Waals surface area contributed by atoms with E-state index in [0.717, 1.165) is 11.7 Å². The number of methoxy groups -OCH3 is 1. The summed E-state index contributed by atoms with van der Waals surface area (Å²) < 4.78 is 5.22. The van der Waals surface area contributed by atoms with E-state index in [2.05, 4.69) is 25.1 Å². The maximum Gasteiger partial charge on any atom is 0.119 e. The third-order valence-electron chi connectivity index (χ3n) is 2.96. The molecule has 0 N–H and O–H groups in total. The molecule has 0 unspecified atom stereocenters. The molecule has 2 rings (SSSR count). The van der Waals surface area contributed by atoms with Crippen LogP contribution >= 0.6 is 0 Å². The number of hydrogen-bond donors (Lipinski definition) is 0. The molecule has 1 nitrogen and oxygen atoms in total. The molecular formula is C12H16O. The monoisotopic (exact) mass is 176 g/mol. The fraction of sp³-hybridized carbons (Fsp3) is 0.500. The zero-order chi connectivity index (χ0) is 9.26. The molecule has 70 valence electrons. The molecule has 1 atom stereocenters. The van der Waals surface area contributed by atoms with Gasteiger partial charge in [0.05, 0.1) is 7.11 Å². The minimum absolute atomic E-state index is 0.731. The molecule has 0 heterocycles. The molecule has 0 radical (unpaired) electrons. The minimum atomic E-state index is 0.731. The minimum Gasteiger partial charge on any atom is -0.497 e. The first-order chi connectivity index (χ1) is 6.31. The first-order valence-corrected chi connectivity index (χ1v) is 4.98. The zero-order valence-corrected chi connectivity index (χ0v) is 8.34. The highest BCUT2D eigenvalue weighted by Gasteiger charge is 2.16. The van der Waals surface area contributed by atoms with Crippen molar-refractivity contribution < 1.29 is 4.74 Å². The predicted molar refractivity (Wildman–Crippen MR) is 54.3 cm³/mol. The molecule has 1 aromatic carbocycles. The molecule has 0 aliphatic heterocycles. The van der Waals surface area contributed by atoms with Gasteiger partial charge in [0.2, 0.25) is 0 Å². The van der Waals surface area contributed by atoms with Crippen LogP contribution in [0.3, 0.4) is 0 Å². The van der Waals surface area contributed by atoms with Gasteiger partial charge >= 0.3 is 0 Å². The summed E-state index contributed by atoms with van der Waals surface area (Å²) in [6.07, 6.45) is 3.87. The van der Waals surface area contributed by atoms with Gasteiger partial charge < -0.3 is 4.74 Å². The topological polar surface area (TPSA) is 9.23 Å². The maximum atomic E-state index is 5.22. The van der Waals surface area contributed by atoms with Crippen LogP contribution in [0.15, 0.2) is 18.2 Å². The standard InChI is InChI=1S/C12H16O/c1-9-4-3-5-10-8-11(13-2)6-7-12(9)10/h6-9H,3-5H2,1-2H3/t9-/m1/s1. The Kier molecular flexibility index (Phi) is 2.26. The molecule has 0 bridgehead atoms. The smallest absolute Gasteiger partial charge is 0.119 e. The first-order valence-electron chi connectivity index (χ1n) is 4.98. The van der Waals surface area contributed by atoms with Crippen molar-refractivity contribution in [3.8, 4) is 5.75 Å². The Hall–Kier alpha value is -0.980. The summed E-state index contributed by atoms with van der Waals surface area (Å²) in [6.45, 7) is 2.31. The second-order valence-electron chi connectivity index (χ2n) is 3.86. The highest BCUT2D eigenvalue weighted by atomic mass is 16.5. The van der Waals surface area contributed by atoms with Crippen molar-refractivity contribution in [1.82, 2.24) is 0 Å². The van der Waals surface area contributed by atoms with Crippen LogP contribution in [0.4, 0.5) is 0 Å². The van der Waals surface area contributed by atoms with E-state index in [1.807, 2.05) is 0 Å². The zero-order valence-electron chi connectivity index (χ0n) is 8.34. The summed E-state index contributed by atoms with van der Waals surface area (Å²) in [5, 5.41) is 0. The SMILES string of the molecule is COc1ccc2c(c1)CCC[C@H]2C. The molecule has 0 amide bonds. The van der Waals surface area contributed by atoms with Gasteiger partial charge in [-0.1, -0.05) is 13.0 Å². The number of benzene rings is 1. The fourth-order valence-corrected chi connectivity index (χ4v) is 2.16. The molecule has 1 heteroatoms. The number of fused-ring (bicyclic) bond motifs is 1. The molecular weight excluding hydrogens is 160 g/mol. The van der Waals surface area contributed by atoms with Crippen molar-refractivity contribution in [3.05, 3.63) is 29.3 Å². The van der Waals surface area contributed by atoms with Crippen molar-refractivity contribution in [3.63, 3.8) is 0 Å². The predicted octanol–water partition coefficient (Wildman–Crippen LogP) is 3.14. The first kappa shape index (κ1) is 8.61. The van der Waals surface area contributed by atoms with E-state index in [1.54, 1.807) is 7.11 Å². The van der Waals surface area contributed by atoms with Crippen LogP contribution in [0.25, 0.3) is 0 Å². The van der Waals surface area contributed by atoms with Gasteiger partial charge in [0.25, 0.3) is 0 Å². The summed E-state index contributed by atoms with van der Waals surface area (Å²) in [5.41, 5.74) is 3.00. The number of hydrogen-bond acceptors (Lipinski definition) is 1. The van der Waals surface area contributed by atoms with Crippen molar-refractivity contribution in [1.29, 1.82) is 0 Å². The van der Waals surface area contributed by atoms with E-state index >= 15 is 0 Å². The summed E-state index contributed by atoms with van der Waals surface area (Å²) in [6, 6.07) is 6.48. The summed E-state index contributed by atoms with van der Waals surface area (Å²) in [4.78, 5) is 0. The highest BCUT2D eigenvalue weighted by molar-refractivity contribution is 5.38. The molecule has 0 saturated heterocycles. The molecule has 0 fully saturated rings. The van der Waals surface area contributed by atoms with E-state index < -0.39 is 0 Å². The van der Waals surface area contributed by atoms with Gasteiger partial charge in [-0.15, -0.1) is 0 Å². The number of ether oxygens (including phenoxy) is 1. The van der Waals surface area contributed by atoms with Crippen LogP contribution in [-0.2, 0) is 6.42 Å². The lowest BCUT2D eigenvalue weighted by atomic mass is 9.84. The Balaban J connectivity index is 2.39. The summed E-state index contributed by atoms with van der Waals surface area (Å²) in [5.74, 6) is 1.72.